The molecular formula is C7H5N3O. The van der Waals surface area contributed by atoms with Crippen LogP contribution in [0.4, 0.5) is 0 Å². The van der Waals surface area contributed by atoms with E-state index in [0.29, 0.717) is 0 Å². The van der Waals surface area contributed by atoms with Gasteiger partial charge in [0.05, 0.1) is 6.07 Å². The van der Waals surface area contributed by atoms with Crippen molar-refractivity contribution in [1.29, 1.82) is 5.26 Å². The zero-order valence-electron chi connectivity index (χ0n) is 5.69. The highest BCUT2D eigenvalue weighted by atomic mass is 16.1. The largest absolute Gasteiger partial charge is 0.291 e. The lowest BCUT2D eigenvalue weighted by Gasteiger charge is -1.90. The monoisotopic (exact) mass is 147 g/mol. The summed E-state index contributed by atoms with van der Waals surface area (Å²) in [5.74, 6) is -0.291. The number of nitrogens with zero attached hydrogens (tertiary/aromatic N) is 3. The van der Waals surface area contributed by atoms with Crippen LogP contribution in [0, 0.1) is 11.3 Å². The second-order valence-corrected chi connectivity index (χ2v) is 1.87. The number of aromatic nitrogens is 2. The molecule has 54 valence electrons. The van der Waals surface area contributed by atoms with E-state index in [-0.39, 0.29) is 17.9 Å². The van der Waals surface area contributed by atoms with E-state index in [4.69, 9.17) is 5.26 Å². The molecule has 1 heterocycles. The van der Waals surface area contributed by atoms with Crippen LogP contribution in [0.1, 0.15) is 16.9 Å². The lowest BCUT2D eigenvalue weighted by atomic mass is 10.2. The molecule has 0 saturated heterocycles. The van der Waals surface area contributed by atoms with Crippen molar-refractivity contribution in [3.63, 3.8) is 0 Å². The minimum Gasteiger partial charge on any atom is -0.291 e. The predicted molar refractivity (Wildman–Crippen MR) is 36.6 cm³/mol. The third kappa shape index (κ3) is 1.83. The van der Waals surface area contributed by atoms with E-state index in [0.717, 1.165) is 0 Å². The van der Waals surface area contributed by atoms with Gasteiger partial charge in [-0.3, -0.25) is 4.79 Å². The highest BCUT2D eigenvalue weighted by Gasteiger charge is 2.04. The number of carbonyl (C=O) groups excluding carboxylic acids is 1. The van der Waals surface area contributed by atoms with E-state index in [9.17, 15) is 4.79 Å². The number of carbonyl (C=O) groups is 1. The average molecular weight is 147 g/mol. The molecule has 0 saturated carbocycles. The summed E-state index contributed by atoms with van der Waals surface area (Å²) in [6, 6.07) is 4.89. The first-order valence-electron chi connectivity index (χ1n) is 3.02. The van der Waals surface area contributed by atoms with Gasteiger partial charge in [-0.1, -0.05) is 0 Å². The molecule has 0 bridgehead atoms. The van der Waals surface area contributed by atoms with Gasteiger partial charge in [0.15, 0.2) is 5.78 Å². The quantitative estimate of drug-likeness (QED) is 0.573. The van der Waals surface area contributed by atoms with Crippen LogP contribution in [0.3, 0.4) is 0 Å². The molecule has 0 unspecified atom stereocenters. The van der Waals surface area contributed by atoms with Crippen molar-refractivity contribution in [2.75, 3.05) is 0 Å². The molecule has 0 spiro atoms. The average Bonchev–Trinajstić information content (AvgIpc) is 2.07. The molecule has 0 atom stereocenters. The van der Waals surface area contributed by atoms with Gasteiger partial charge in [-0.2, -0.15) is 10.4 Å². The van der Waals surface area contributed by atoms with Crippen LogP contribution < -0.4 is 0 Å². The standard InChI is InChI=1S/C7H5N3O/c8-4-3-7(11)6-2-1-5-9-10-6/h1-2,5H,3H2. The fourth-order valence-electron chi connectivity index (χ4n) is 0.613. The van der Waals surface area contributed by atoms with Gasteiger partial charge >= 0.3 is 0 Å². The van der Waals surface area contributed by atoms with Gasteiger partial charge in [-0.15, -0.1) is 5.10 Å². The maximum absolute atomic E-state index is 10.9. The van der Waals surface area contributed by atoms with Crippen LogP contribution in [-0.2, 0) is 0 Å². The topological polar surface area (TPSA) is 66.6 Å². The fraction of sp³-hybridized carbons (Fsp3) is 0.143. The molecule has 0 N–H and O–H groups in total. The maximum atomic E-state index is 10.9. The third-order valence-electron chi connectivity index (χ3n) is 1.10. The first-order valence-corrected chi connectivity index (χ1v) is 3.02. The van der Waals surface area contributed by atoms with Gasteiger partial charge in [0.2, 0.25) is 0 Å². The van der Waals surface area contributed by atoms with E-state index < -0.39 is 0 Å². The molecule has 1 aromatic heterocycles. The third-order valence-corrected chi connectivity index (χ3v) is 1.10. The van der Waals surface area contributed by atoms with Crippen LogP contribution in [0.25, 0.3) is 0 Å². The van der Waals surface area contributed by atoms with Gasteiger partial charge in [-0.25, -0.2) is 0 Å². The lowest BCUT2D eigenvalue weighted by molar-refractivity contribution is 0.0992. The first-order chi connectivity index (χ1) is 5.34. The number of hydrogen-bond acceptors (Lipinski definition) is 4. The Bertz CT molecular complexity index is 288. The van der Waals surface area contributed by atoms with Crippen molar-refractivity contribution < 1.29 is 4.79 Å². The zero-order valence-corrected chi connectivity index (χ0v) is 5.69. The molecule has 0 fully saturated rings. The molecule has 0 aliphatic carbocycles. The summed E-state index contributed by atoms with van der Waals surface area (Å²) in [5, 5.41) is 15.2. The molecule has 4 heteroatoms. The van der Waals surface area contributed by atoms with Crippen molar-refractivity contribution in [2.24, 2.45) is 0 Å². The normalized spacial score (nSPS) is 8.64. The SMILES string of the molecule is N#CCC(=O)c1cccnn1. The van der Waals surface area contributed by atoms with E-state index in [1.54, 1.807) is 12.1 Å². The Balaban J connectivity index is 2.79. The summed E-state index contributed by atoms with van der Waals surface area (Å²) in [6.45, 7) is 0. The van der Waals surface area contributed by atoms with E-state index in [2.05, 4.69) is 10.2 Å². The molecule has 4 nitrogen and oxygen atoms in total. The molecule has 0 radical (unpaired) electrons. The van der Waals surface area contributed by atoms with Crippen molar-refractivity contribution in [1.82, 2.24) is 10.2 Å². The molecule has 1 rings (SSSR count). The number of rotatable bonds is 2. The summed E-state index contributed by atoms with van der Waals surface area (Å²) in [6.07, 6.45) is 1.34. The Morgan fingerprint density at radius 3 is 3.09 bits per heavy atom. The van der Waals surface area contributed by atoms with Crippen LogP contribution in [0.15, 0.2) is 18.3 Å². The molecule has 0 aliphatic rings. The van der Waals surface area contributed by atoms with E-state index >= 15 is 0 Å². The summed E-state index contributed by atoms with van der Waals surface area (Å²) in [7, 11) is 0. The minimum atomic E-state index is -0.291. The number of nitriles is 1. The van der Waals surface area contributed by atoms with Crippen LogP contribution >= 0.6 is 0 Å². The summed E-state index contributed by atoms with van der Waals surface area (Å²) in [4.78, 5) is 10.9. The number of hydrogen-bond donors (Lipinski definition) is 0. The number of ketones is 1. The minimum absolute atomic E-state index is 0.140. The van der Waals surface area contributed by atoms with Crippen molar-refractivity contribution >= 4 is 5.78 Å². The Labute approximate surface area is 63.5 Å². The highest BCUT2D eigenvalue weighted by Crippen LogP contribution is 1.95. The summed E-state index contributed by atoms with van der Waals surface area (Å²) >= 11 is 0. The van der Waals surface area contributed by atoms with Crippen molar-refractivity contribution in [3.05, 3.63) is 24.0 Å². The molecule has 0 aromatic carbocycles. The van der Waals surface area contributed by atoms with Crippen LogP contribution in [-0.4, -0.2) is 16.0 Å². The smallest absolute Gasteiger partial charge is 0.197 e. The Morgan fingerprint density at radius 2 is 2.55 bits per heavy atom. The first kappa shape index (κ1) is 7.35. The summed E-state index contributed by atoms with van der Waals surface area (Å²) in [5.41, 5.74) is 0.244. The second-order valence-electron chi connectivity index (χ2n) is 1.87. The molecular weight excluding hydrogens is 142 g/mol. The van der Waals surface area contributed by atoms with E-state index in [1.165, 1.54) is 12.3 Å². The molecule has 1 aromatic rings. The fourth-order valence-corrected chi connectivity index (χ4v) is 0.613. The van der Waals surface area contributed by atoms with Crippen LogP contribution in [0.2, 0.25) is 0 Å². The number of Topliss-reactive ketones (excluding diaryl/α,β-unsaturated/α-hetero) is 1. The second kappa shape index (κ2) is 3.42. The Hall–Kier alpha value is -1.76. The van der Waals surface area contributed by atoms with Crippen molar-refractivity contribution in [3.8, 4) is 6.07 Å². The lowest BCUT2D eigenvalue weighted by Crippen LogP contribution is -2.01. The molecule has 0 aliphatic heterocycles. The highest BCUT2D eigenvalue weighted by molar-refractivity contribution is 5.95. The van der Waals surface area contributed by atoms with Crippen molar-refractivity contribution in [2.45, 2.75) is 6.42 Å². The Kier molecular flexibility index (Phi) is 2.28. The van der Waals surface area contributed by atoms with E-state index in [1.807, 2.05) is 0 Å². The van der Waals surface area contributed by atoms with Gasteiger partial charge in [0.25, 0.3) is 0 Å². The van der Waals surface area contributed by atoms with Gasteiger partial charge in [0, 0.05) is 6.20 Å². The van der Waals surface area contributed by atoms with Gasteiger partial charge < -0.3 is 0 Å². The van der Waals surface area contributed by atoms with Gasteiger partial charge in [0.1, 0.15) is 12.1 Å². The molecule has 11 heavy (non-hydrogen) atoms. The maximum Gasteiger partial charge on any atom is 0.197 e. The summed E-state index contributed by atoms with van der Waals surface area (Å²) < 4.78 is 0. The Morgan fingerprint density at radius 1 is 1.73 bits per heavy atom. The predicted octanol–water partition coefficient (Wildman–Crippen LogP) is 0.573. The molecule has 0 amide bonds. The zero-order chi connectivity index (χ0) is 8.10. The van der Waals surface area contributed by atoms with Crippen LogP contribution in [0.5, 0.6) is 0 Å². The van der Waals surface area contributed by atoms with Gasteiger partial charge in [-0.05, 0) is 12.1 Å².